The van der Waals surface area contributed by atoms with E-state index in [0.717, 1.165) is 18.3 Å². The fourth-order valence-electron chi connectivity index (χ4n) is 4.83. The molecule has 0 aromatic carbocycles. The molecule has 2 aliphatic heterocycles. The van der Waals surface area contributed by atoms with Gasteiger partial charge in [-0.1, -0.05) is 11.6 Å². The second kappa shape index (κ2) is 10.7. The molecule has 2 aromatic heterocycles. The predicted molar refractivity (Wildman–Crippen MR) is 153 cm³/mol. The highest BCUT2D eigenvalue weighted by atomic mass is 35.5. The number of carbonyl (C=O) groups is 2. The van der Waals surface area contributed by atoms with Gasteiger partial charge >= 0.3 is 6.09 Å². The Morgan fingerprint density at radius 3 is 2.49 bits per heavy atom. The summed E-state index contributed by atoms with van der Waals surface area (Å²) in [6.07, 6.45) is -0.779. The third-order valence-corrected chi connectivity index (χ3v) is 10.9. The first kappa shape index (κ1) is 32.2. The molecule has 0 radical (unpaired) electrons. The van der Waals surface area contributed by atoms with Gasteiger partial charge in [0.25, 0.3) is 11.8 Å². The zero-order chi connectivity index (χ0) is 32.2. The van der Waals surface area contributed by atoms with E-state index in [1.54, 1.807) is 20.8 Å². The second-order valence-corrected chi connectivity index (χ2v) is 15.2. The molecule has 230 valence electrons. The normalized spacial score (nSPS) is 25.7. The van der Waals surface area contributed by atoms with Gasteiger partial charge in [0.15, 0.2) is 0 Å². The van der Waals surface area contributed by atoms with Crippen LogP contribution in [0.5, 0.6) is 0 Å². The fraction of sp³-hybridized carbons (Fsp3) is 0.481. The van der Waals surface area contributed by atoms with Crippen LogP contribution in [-0.2, 0) is 20.0 Å². The van der Waals surface area contributed by atoms with E-state index in [2.05, 4.69) is 30.0 Å². The van der Waals surface area contributed by atoms with Crippen LogP contribution in [0.2, 0.25) is 5.02 Å². The van der Waals surface area contributed by atoms with Crippen LogP contribution in [0.1, 0.15) is 69.7 Å². The van der Waals surface area contributed by atoms with Crippen molar-refractivity contribution in [2.75, 3.05) is 11.9 Å². The number of hydrogen-bond donors (Lipinski definition) is 2. The van der Waals surface area contributed by atoms with Crippen LogP contribution < -0.4 is 10.6 Å². The SMILES string of the molecule is CC(C)(C)OC(=O)NC1=N[C@](C)(c2nc(NC(=O)c3ncc(C#N)cc3Cl)ccc2F)[C@H]2CC(F)(F)CN=[S@]2(=O)C1(C)C. The average molecular weight is 640 g/mol. The van der Waals surface area contributed by atoms with Crippen LogP contribution in [0, 0.1) is 17.1 Å². The van der Waals surface area contributed by atoms with E-state index in [9.17, 15) is 22.6 Å². The molecule has 0 saturated heterocycles. The number of nitriles is 1. The lowest BCUT2D eigenvalue weighted by Crippen LogP contribution is -2.64. The number of alkyl carbamates (subject to hydrolysis) is 1. The Hall–Kier alpha value is -3.77. The van der Waals surface area contributed by atoms with Gasteiger partial charge in [-0.05, 0) is 59.7 Å². The first-order valence-electron chi connectivity index (χ1n) is 13.0. The van der Waals surface area contributed by atoms with Crippen molar-refractivity contribution < 1.29 is 31.7 Å². The first-order valence-corrected chi connectivity index (χ1v) is 14.9. The van der Waals surface area contributed by atoms with Gasteiger partial charge in [-0.25, -0.2) is 36.5 Å². The topological polar surface area (TPSA) is 159 Å². The maximum absolute atomic E-state index is 15.6. The Bertz CT molecular complexity index is 1710. The number of hydrogen-bond acceptors (Lipinski definition) is 9. The number of nitrogens with zero attached hydrogens (tertiary/aromatic N) is 5. The molecular weight excluding hydrogens is 611 g/mol. The molecule has 4 heterocycles. The number of carbonyl (C=O) groups excluding carboxylic acids is 2. The van der Waals surface area contributed by atoms with E-state index in [1.165, 1.54) is 26.8 Å². The molecule has 0 spiro atoms. The quantitative estimate of drug-likeness (QED) is 0.467. The smallest absolute Gasteiger partial charge is 0.413 e. The maximum Gasteiger partial charge on any atom is 0.413 e. The zero-order valence-corrected chi connectivity index (χ0v) is 25.7. The molecule has 0 fully saturated rings. The molecule has 3 atom stereocenters. The third kappa shape index (κ3) is 6.03. The minimum absolute atomic E-state index is 0.115. The van der Waals surface area contributed by atoms with Crippen molar-refractivity contribution in [1.29, 1.82) is 5.26 Å². The molecule has 11 nitrogen and oxygen atoms in total. The van der Waals surface area contributed by atoms with Crippen LogP contribution in [0.15, 0.2) is 33.8 Å². The summed E-state index contributed by atoms with van der Waals surface area (Å²) in [5.74, 6) is -5.67. The standard InChI is InChI=1S/C27H29ClF3N7O4S/c1-24(2,3)42-23(40)37-22-25(4,5)43(41)17(10-27(30,31)13-34-43)26(6,38-22)20-16(29)7-8-18(35-20)36-21(39)19-15(28)9-14(11-32)12-33-19/h7-9,12,17H,10,13H2,1-6H3,(H,35,36,39)(H,37,38,40)/t17-,26+,43-/m1/s1. The summed E-state index contributed by atoms with van der Waals surface area (Å²) >= 11 is 6.08. The van der Waals surface area contributed by atoms with Crippen LogP contribution in [0.3, 0.4) is 0 Å². The highest BCUT2D eigenvalue weighted by Crippen LogP contribution is 2.50. The molecule has 0 bridgehead atoms. The molecular formula is C27H29ClF3N7O4S. The molecule has 0 saturated carbocycles. The van der Waals surface area contributed by atoms with Gasteiger partial charge in [0.1, 0.15) is 57.4 Å². The summed E-state index contributed by atoms with van der Waals surface area (Å²) in [4.78, 5) is 38.2. The van der Waals surface area contributed by atoms with Crippen molar-refractivity contribution in [2.24, 2.45) is 9.36 Å². The number of alkyl halides is 2. The van der Waals surface area contributed by atoms with E-state index in [0.29, 0.717) is 0 Å². The van der Waals surface area contributed by atoms with Crippen molar-refractivity contribution in [3.8, 4) is 6.07 Å². The summed E-state index contributed by atoms with van der Waals surface area (Å²) < 4.78 is 67.5. The highest BCUT2D eigenvalue weighted by Gasteiger charge is 2.61. The molecule has 2 N–H and O–H groups in total. The molecule has 16 heteroatoms. The summed E-state index contributed by atoms with van der Waals surface area (Å²) in [5.41, 5.74) is -3.63. The predicted octanol–water partition coefficient (Wildman–Crippen LogP) is 5.20. The first-order chi connectivity index (χ1) is 19.7. The Morgan fingerprint density at radius 1 is 1.21 bits per heavy atom. The minimum Gasteiger partial charge on any atom is -0.444 e. The van der Waals surface area contributed by atoms with E-state index in [4.69, 9.17) is 21.6 Å². The van der Waals surface area contributed by atoms with Crippen molar-refractivity contribution in [3.05, 3.63) is 52.2 Å². The van der Waals surface area contributed by atoms with Crippen molar-refractivity contribution in [1.82, 2.24) is 15.3 Å². The van der Waals surface area contributed by atoms with E-state index >= 15 is 4.39 Å². The number of anilines is 1. The van der Waals surface area contributed by atoms with Crippen LogP contribution >= 0.6 is 11.6 Å². The van der Waals surface area contributed by atoms with Crippen molar-refractivity contribution >= 4 is 45.0 Å². The maximum atomic E-state index is 15.6. The summed E-state index contributed by atoms with van der Waals surface area (Å²) in [6, 6.07) is 5.12. The number of ether oxygens (including phenoxy) is 1. The lowest BCUT2D eigenvalue weighted by atomic mass is 9.88. The number of pyridine rings is 2. The molecule has 2 aromatic rings. The number of nitrogens with one attached hydrogen (secondary N) is 2. The Labute approximate surface area is 251 Å². The zero-order valence-electron chi connectivity index (χ0n) is 24.1. The van der Waals surface area contributed by atoms with Crippen molar-refractivity contribution in [3.63, 3.8) is 0 Å². The van der Waals surface area contributed by atoms with E-state index in [-0.39, 0.29) is 27.9 Å². The van der Waals surface area contributed by atoms with Crippen LogP contribution in [0.25, 0.3) is 0 Å². The largest absolute Gasteiger partial charge is 0.444 e. The highest BCUT2D eigenvalue weighted by molar-refractivity contribution is 7.96. The van der Waals surface area contributed by atoms with Crippen molar-refractivity contribution in [2.45, 2.75) is 75.0 Å². The van der Waals surface area contributed by atoms with E-state index < -0.39 is 73.3 Å². The number of fused-ring (bicyclic) bond motifs is 1. The Morgan fingerprint density at radius 2 is 1.88 bits per heavy atom. The lowest BCUT2D eigenvalue weighted by molar-refractivity contribution is -0.00694. The number of rotatable bonds is 3. The minimum atomic E-state index is -3.69. The second-order valence-electron chi connectivity index (χ2n) is 11.8. The Kier molecular flexibility index (Phi) is 8.03. The average Bonchev–Trinajstić information content (AvgIpc) is 2.88. The van der Waals surface area contributed by atoms with Gasteiger partial charge in [-0.2, -0.15) is 5.26 Å². The molecule has 0 unspecified atom stereocenters. The lowest BCUT2D eigenvalue weighted by Gasteiger charge is -2.49. The summed E-state index contributed by atoms with van der Waals surface area (Å²) in [5, 5.41) is 12.2. The summed E-state index contributed by atoms with van der Waals surface area (Å²) in [6.45, 7) is 8.00. The third-order valence-electron chi connectivity index (χ3n) is 7.00. The van der Waals surface area contributed by atoms with Gasteiger partial charge in [0.2, 0.25) is 0 Å². The molecule has 2 aliphatic rings. The Balaban J connectivity index is 1.85. The molecule has 0 aliphatic carbocycles. The van der Waals surface area contributed by atoms with E-state index in [1.807, 2.05) is 6.07 Å². The number of halogens is 4. The number of aliphatic imine (C=N–C) groups is 1. The number of amidine groups is 1. The summed E-state index contributed by atoms with van der Waals surface area (Å²) in [7, 11) is -3.69. The van der Waals surface area contributed by atoms with Crippen LogP contribution in [0.4, 0.5) is 23.8 Å². The molecule has 4 rings (SSSR count). The fourth-order valence-corrected chi connectivity index (χ4v) is 8.30. The van der Waals surface area contributed by atoms with Gasteiger partial charge < -0.3 is 10.1 Å². The number of aromatic nitrogens is 2. The monoisotopic (exact) mass is 639 g/mol. The van der Waals surface area contributed by atoms with Crippen LogP contribution in [-0.4, -0.2) is 60.1 Å². The molecule has 2 amide bonds. The molecule has 43 heavy (non-hydrogen) atoms. The van der Waals surface area contributed by atoms with Gasteiger partial charge in [-0.3, -0.25) is 15.1 Å². The number of amides is 2. The van der Waals surface area contributed by atoms with Gasteiger partial charge in [0.05, 0.1) is 25.6 Å². The van der Waals surface area contributed by atoms with Gasteiger partial charge in [-0.15, -0.1) is 0 Å². The van der Waals surface area contributed by atoms with Gasteiger partial charge in [0, 0.05) is 12.6 Å².